The summed E-state index contributed by atoms with van der Waals surface area (Å²) in [7, 11) is 0. The van der Waals surface area contributed by atoms with E-state index in [9.17, 15) is 15.0 Å². The number of carbonyl (C=O) groups excluding carboxylic acids is 1. The Labute approximate surface area is 191 Å². The van der Waals surface area contributed by atoms with Crippen molar-refractivity contribution in [2.24, 2.45) is 0 Å². The van der Waals surface area contributed by atoms with E-state index in [1.165, 1.54) is 0 Å². The van der Waals surface area contributed by atoms with Crippen molar-refractivity contribution in [2.45, 2.75) is 25.0 Å². The van der Waals surface area contributed by atoms with Crippen LogP contribution in [0.3, 0.4) is 0 Å². The molecule has 1 aliphatic rings. The molecule has 0 fully saturated rings. The van der Waals surface area contributed by atoms with Gasteiger partial charge in [-0.05, 0) is 40.8 Å². The van der Waals surface area contributed by atoms with Crippen molar-refractivity contribution in [3.8, 4) is 11.1 Å². The number of hydrogen-bond donors (Lipinski definition) is 4. The minimum absolute atomic E-state index is 0.0553. The van der Waals surface area contributed by atoms with E-state index >= 15 is 0 Å². The van der Waals surface area contributed by atoms with Gasteiger partial charge in [-0.15, -0.1) is 0 Å². The van der Waals surface area contributed by atoms with Crippen molar-refractivity contribution in [2.75, 3.05) is 18.9 Å². The molecule has 3 aromatic carbocycles. The van der Waals surface area contributed by atoms with Crippen LogP contribution < -0.4 is 11.1 Å². The van der Waals surface area contributed by atoms with E-state index in [1.807, 2.05) is 36.4 Å². The maximum absolute atomic E-state index is 12.3. The summed E-state index contributed by atoms with van der Waals surface area (Å²) in [5, 5.41) is 23.6. The number of ether oxygens (including phenoxy) is 1. The Morgan fingerprint density at radius 2 is 1.66 bits per heavy atom. The number of amides is 1. The Hall–Kier alpha value is -3.06. The molecule has 0 spiro atoms. The van der Waals surface area contributed by atoms with Gasteiger partial charge in [0.15, 0.2) is 0 Å². The van der Waals surface area contributed by atoms with Gasteiger partial charge in [0, 0.05) is 23.7 Å². The lowest BCUT2D eigenvalue weighted by molar-refractivity contribution is 0.0186. The Bertz CT molecular complexity index is 1110. The number of aliphatic hydroxyl groups excluding tert-OH is 2. The largest absolute Gasteiger partial charge is 0.449 e. The third-order valence-corrected chi connectivity index (χ3v) is 6.44. The lowest BCUT2D eigenvalue weighted by Gasteiger charge is -2.21. The predicted molar refractivity (Wildman–Crippen MR) is 125 cm³/mol. The normalized spacial score (nSPS) is 14.4. The number of aliphatic hydroxyl groups is 2. The SMILES string of the molecule is Cc1c(N)ccc(C(O)C(O)CNC(=O)OCC2c3ccccc3-c3ccccc32)c1Cl. The number of hydrogen-bond acceptors (Lipinski definition) is 5. The van der Waals surface area contributed by atoms with Gasteiger partial charge in [0.1, 0.15) is 18.8 Å². The van der Waals surface area contributed by atoms with Crippen molar-refractivity contribution in [3.05, 3.63) is 87.9 Å². The number of anilines is 1. The standard InChI is InChI=1S/C25H25ClN2O4/c1-14-21(27)11-10-19(23(14)26)24(30)22(29)12-28-25(31)32-13-20-17-8-4-2-6-15(17)16-7-3-5-9-18(16)20/h2-11,20,22,24,29-30H,12-13,27H2,1H3,(H,28,31). The highest BCUT2D eigenvalue weighted by atomic mass is 35.5. The van der Waals surface area contributed by atoms with Gasteiger partial charge in [-0.2, -0.15) is 0 Å². The Kier molecular flexibility index (Phi) is 6.37. The van der Waals surface area contributed by atoms with Crippen LogP contribution in [0.1, 0.15) is 34.3 Å². The molecule has 0 saturated heterocycles. The molecule has 1 amide bonds. The van der Waals surface area contributed by atoms with Crippen molar-refractivity contribution >= 4 is 23.4 Å². The molecule has 0 saturated carbocycles. The number of benzene rings is 3. The number of nitrogens with two attached hydrogens (primary N) is 1. The van der Waals surface area contributed by atoms with Crippen LogP contribution in [0.5, 0.6) is 0 Å². The lowest BCUT2D eigenvalue weighted by Crippen LogP contribution is -2.36. The molecule has 0 bridgehead atoms. The molecule has 0 heterocycles. The third kappa shape index (κ3) is 4.17. The van der Waals surface area contributed by atoms with Gasteiger partial charge in [-0.25, -0.2) is 4.79 Å². The number of rotatable bonds is 6. The first-order valence-corrected chi connectivity index (χ1v) is 10.8. The molecule has 6 nitrogen and oxygen atoms in total. The molecule has 5 N–H and O–H groups in total. The van der Waals surface area contributed by atoms with Gasteiger partial charge < -0.3 is 26.0 Å². The second kappa shape index (κ2) is 9.20. The number of carbonyl (C=O) groups is 1. The molecule has 4 rings (SSSR count). The first kappa shape index (κ1) is 22.1. The number of nitrogen functional groups attached to an aromatic ring is 1. The van der Waals surface area contributed by atoms with E-state index in [2.05, 4.69) is 17.4 Å². The average molecular weight is 453 g/mol. The number of fused-ring (bicyclic) bond motifs is 3. The van der Waals surface area contributed by atoms with Crippen molar-refractivity contribution in [3.63, 3.8) is 0 Å². The molecule has 1 aliphatic carbocycles. The van der Waals surface area contributed by atoms with Gasteiger partial charge in [0.2, 0.25) is 0 Å². The fourth-order valence-corrected chi connectivity index (χ4v) is 4.39. The summed E-state index contributed by atoms with van der Waals surface area (Å²) in [6, 6.07) is 19.3. The van der Waals surface area contributed by atoms with Crippen LogP contribution in [-0.2, 0) is 4.74 Å². The molecular formula is C25H25ClN2O4. The second-order valence-corrected chi connectivity index (χ2v) is 8.28. The van der Waals surface area contributed by atoms with E-state index in [-0.39, 0.29) is 24.1 Å². The number of halogens is 1. The molecule has 166 valence electrons. The molecule has 0 aliphatic heterocycles. The smallest absolute Gasteiger partial charge is 0.407 e. The first-order valence-electron chi connectivity index (χ1n) is 10.4. The molecular weight excluding hydrogens is 428 g/mol. The van der Waals surface area contributed by atoms with Gasteiger partial charge in [-0.1, -0.05) is 66.2 Å². The minimum atomic E-state index is -1.28. The quantitative estimate of drug-likeness (QED) is 0.420. The average Bonchev–Trinajstić information content (AvgIpc) is 3.13. The zero-order chi connectivity index (χ0) is 22.8. The van der Waals surface area contributed by atoms with Gasteiger partial charge in [-0.3, -0.25) is 0 Å². The van der Waals surface area contributed by atoms with Crippen LogP contribution in [0.2, 0.25) is 5.02 Å². The third-order valence-electron chi connectivity index (χ3n) is 5.94. The number of alkyl carbamates (subject to hydrolysis) is 1. The van der Waals surface area contributed by atoms with Crippen LogP contribution in [0.15, 0.2) is 60.7 Å². The highest BCUT2D eigenvalue weighted by molar-refractivity contribution is 6.32. The Morgan fingerprint density at radius 1 is 1.06 bits per heavy atom. The summed E-state index contributed by atoms with van der Waals surface area (Å²) in [6.07, 6.45) is -3.22. The van der Waals surface area contributed by atoms with Gasteiger partial charge in [0.25, 0.3) is 0 Å². The highest BCUT2D eigenvalue weighted by Crippen LogP contribution is 2.44. The molecule has 2 atom stereocenters. The van der Waals surface area contributed by atoms with E-state index in [0.717, 1.165) is 22.3 Å². The van der Waals surface area contributed by atoms with Crippen LogP contribution in [0.25, 0.3) is 11.1 Å². The molecule has 7 heteroatoms. The summed E-state index contributed by atoms with van der Waals surface area (Å²) in [5.74, 6) is -0.0553. The van der Waals surface area contributed by atoms with Crippen LogP contribution in [-0.4, -0.2) is 35.6 Å². The fraction of sp³-hybridized carbons (Fsp3) is 0.240. The van der Waals surface area contributed by atoms with Crippen LogP contribution in [0.4, 0.5) is 10.5 Å². The molecule has 2 unspecified atom stereocenters. The Balaban J connectivity index is 1.36. The number of nitrogens with one attached hydrogen (secondary N) is 1. The summed E-state index contributed by atoms with van der Waals surface area (Å²) in [6.45, 7) is 1.70. The summed E-state index contributed by atoms with van der Waals surface area (Å²) in [5.41, 5.74) is 11.8. The van der Waals surface area contributed by atoms with E-state index in [0.29, 0.717) is 16.8 Å². The first-order chi connectivity index (χ1) is 15.4. The van der Waals surface area contributed by atoms with E-state index < -0.39 is 18.3 Å². The predicted octanol–water partition coefficient (Wildman–Crippen LogP) is 4.16. The molecule has 32 heavy (non-hydrogen) atoms. The van der Waals surface area contributed by atoms with E-state index in [1.54, 1.807) is 19.1 Å². The topological polar surface area (TPSA) is 105 Å². The summed E-state index contributed by atoms with van der Waals surface area (Å²) >= 11 is 6.24. The van der Waals surface area contributed by atoms with Crippen molar-refractivity contribution in [1.82, 2.24) is 5.32 Å². The van der Waals surface area contributed by atoms with Gasteiger partial charge >= 0.3 is 6.09 Å². The molecule has 0 aromatic heterocycles. The minimum Gasteiger partial charge on any atom is -0.449 e. The van der Waals surface area contributed by atoms with Crippen LogP contribution >= 0.6 is 11.6 Å². The van der Waals surface area contributed by atoms with Gasteiger partial charge in [0.05, 0.1) is 5.02 Å². The monoisotopic (exact) mass is 452 g/mol. The van der Waals surface area contributed by atoms with Crippen molar-refractivity contribution in [1.29, 1.82) is 0 Å². The second-order valence-electron chi connectivity index (χ2n) is 7.90. The Morgan fingerprint density at radius 3 is 2.28 bits per heavy atom. The fourth-order valence-electron chi connectivity index (χ4n) is 4.11. The zero-order valence-corrected chi connectivity index (χ0v) is 18.3. The van der Waals surface area contributed by atoms with E-state index in [4.69, 9.17) is 22.1 Å². The zero-order valence-electron chi connectivity index (χ0n) is 17.6. The van der Waals surface area contributed by atoms with Crippen molar-refractivity contribution < 1.29 is 19.7 Å². The van der Waals surface area contributed by atoms with Crippen LogP contribution in [0, 0.1) is 6.92 Å². The molecule has 0 radical (unpaired) electrons. The summed E-state index contributed by atoms with van der Waals surface area (Å²) in [4.78, 5) is 12.3. The maximum atomic E-state index is 12.3. The summed E-state index contributed by atoms with van der Waals surface area (Å²) < 4.78 is 5.45. The highest BCUT2D eigenvalue weighted by Gasteiger charge is 2.29. The maximum Gasteiger partial charge on any atom is 0.407 e. The lowest BCUT2D eigenvalue weighted by atomic mass is 9.98. The molecule has 3 aromatic rings.